The van der Waals surface area contributed by atoms with Crippen LogP contribution in [0.3, 0.4) is 0 Å². The largest absolute Gasteiger partial charge is 0.390 e. The van der Waals surface area contributed by atoms with Crippen molar-refractivity contribution in [2.75, 3.05) is 62.4 Å². The van der Waals surface area contributed by atoms with Gasteiger partial charge in [0, 0.05) is 54.9 Å². The van der Waals surface area contributed by atoms with Crippen LogP contribution in [0, 0.1) is 41.4 Å². The van der Waals surface area contributed by atoms with Crippen LogP contribution in [-0.4, -0.2) is 227 Å². The molecule has 1 aliphatic rings. The van der Waals surface area contributed by atoms with Crippen LogP contribution in [-0.2, 0) is 47.9 Å². The molecule has 0 bridgehead atoms. The number of nitrogens with one attached hydrogen (secondary N) is 4. The molecule has 0 saturated carbocycles. The minimum absolute atomic E-state index is 0.0323. The molecule has 85 heavy (non-hydrogen) atoms. The molecule has 1 fully saturated rings. The van der Waals surface area contributed by atoms with E-state index in [9.17, 15) is 43.5 Å². The van der Waals surface area contributed by atoms with Gasteiger partial charge < -0.3 is 55.8 Å². The second-order valence-corrected chi connectivity index (χ2v) is 26.3. The van der Waals surface area contributed by atoms with E-state index in [1.165, 1.54) is 75.7 Å². The highest BCUT2D eigenvalue weighted by atomic mass is 16.3. The SMILES string of the molecule is C=C/C=C/C[C@@H](C)[C@@H](O)C1C(=O)N[C@@H](CC)C(=O)N(C)CC(=O)N(C)[C@@H](CC(C)C)C(=O)N[C@@H](C(C)C)CN(C)[C@@H](CC(C)C)C(=O)N[C@@H](C)C(=O)N[C@H](C)C(=O)N(C)[C@@H](CC(C)C)C(=O)N(C)[C@@H](CC(C)C)C(=O)N(C)[C@@H](C(C)C)C(=O)N1C. The summed E-state index contributed by atoms with van der Waals surface area (Å²) in [6, 6.07) is -10.9. The van der Waals surface area contributed by atoms with E-state index in [1.807, 2.05) is 74.1 Å². The average Bonchev–Trinajstić information content (AvgIpc) is 3.49. The first-order valence-electron chi connectivity index (χ1n) is 30.7. The average molecular weight is 1200 g/mol. The molecule has 1 unspecified atom stereocenters. The molecule has 0 radical (unpaired) electrons. The fraction of sp³-hybridized carbons (Fsp3) is 0.778. The van der Waals surface area contributed by atoms with E-state index < -0.39 is 144 Å². The summed E-state index contributed by atoms with van der Waals surface area (Å²) in [6.45, 7) is 32.5. The topological polar surface area (TPSA) is 262 Å². The van der Waals surface area contributed by atoms with Crippen LogP contribution >= 0.6 is 0 Å². The van der Waals surface area contributed by atoms with Crippen LogP contribution in [0.5, 0.6) is 0 Å². The Morgan fingerprint density at radius 2 is 0.953 bits per heavy atom. The lowest BCUT2D eigenvalue weighted by Crippen LogP contribution is -2.63. The second-order valence-electron chi connectivity index (χ2n) is 26.3. The Morgan fingerprint density at radius 1 is 0.506 bits per heavy atom. The molecular formula is C63H113N11O11. The van der Waals surface area contributed by atoms with E-state index in [-0.39, 0.29) is 68.2 Å². The van der Waals surface area contributed by atoms with Gasteiger partial charge in [-0.15, -0.1) is 0 Å². The summed E-state index contributed by atoms with van der Waals surface area (Å²) in [7, 11) is 10.4. The number of likely N-dealkylation sites (N-methyl/N-ethyl adjacent to an activating group) is 7. The predicted octanol–water partition coefficient (Wildman–Crippen LogP) is 3.91. The van der Waals surface area contributed by atoms with Gasteiger partial charge >= 0.3 is 0 Å². The van der Waals surface area contributed by atoms with E-state index in [4.69, 9.17) is 0 Å². The third-order valence-electron chi connectivity index (χ3n) is 16.2. The van der Waals surface area contributed by atoms with Gasteiger partial charge in [0.25, 0.3) is 0 Å². The van der Waals surface area contributed by atoms with Crippen LogP contribution in [0.2, 0.25) is 0 Å². The fourth-order valence-electron chi connectivity index (χ4n) is 10.8. The minimum atomic E-state index is -1.61. The maximum atomic E-state index is 15.2. The molecule has 12 atom stereocenters. The van der Waals surface area contributed by atoms with Gasteiger partial charge in [-0.3, -0.25) is 52.8 Å². The summed E-state index contributed by atoms with van der Waals surface area (Å²) >= 11 is 0. The Labute approximate surface area is 510 Å². The lowest BCUT2D eigenvalue weighted by Gasteiger charge is -2.41. The molecule has 1 rings (SSSR count). The number of hydrogen-bond acceptors (Lipinski definition) is 12. The van der Waals surface area contributed by atoms with Crippen molar-refractivity contribution in [3.8, 4) is 0 Å². The molecule has 0 aromatic rings. The van der Waals surface area contributed by atoms with Gasteiger partial charge in [0.2, 0.25) is 59.1 Å². The Kier molecular flexibility index (Phi) is 32.4. The highest BCUT2D eigenvalue weighted by Gasteiger charge is 2.45. The van der Waals surface area contributed by atoms with Crippen molar-refractivity contribution < 1.29 is 53.1 Å². The lowest BCUT2D eigenvalue weighted by molar-refractivity contribution is -0.157. The summed E-state index contributed by atoms with van der Waals surface area (Å²) in [5.41, 5.74) is 0. The summed E-state index contributed by atoms with van der Waals surface area (Å²) < 4.78 is 0. The molecule has 5 N–H and O–H groups in total. The summed E-state index contributed by atoms with van der Waals surface area (Å²) in [6.07, 6.45) is 4.81. The molecule has 0 aliphatic carbocycles. The smallest absolute Gasteiger partial charge is 0.246 e. The standard InChI is InChI=1S/C63H113N11O11/c1-25-27-28-29-42(15)54(76)53-58(80)66-45(26-2)60(82)69(19)35-51(75)70(20)48(31-37(5)6)57(79)67-46(40(11)12)34-68(18)47(30-36(3)4)56(78)64-43(16)55(77)65-44(17)59(81)71(21)49(32-38(7)8)61(83)72(22)50(33-39(9)10)62(84)73(23)52(41(13)14)63(85)74(53)24/h25,27-28,36-50,52-54,76H,1,26,29-35H2,2-24H3,(H,64,78)(H,65,77)(H,66,80)(H,67,79)/b28-27+/t42-,43+,44-,45+,46-,47+,48+,49+,50+,52+,53?,54-/m1/s1. The molecule has 0 spiro atoms. The Hall–Kier alpha value is -5.90. The van der Waals surface area contributed by atoms with E-state index in [2.05, 4.69) is 27.8 Å². The first-order chi connectivity index (χ1) is 39.3. The number of allylic oxidation sites excluding steroid dienone is 3. The Morgan fingerprint density at radius 3 is 1.42 bits per heavy atom. The molecule has 0 aromatic heterocycles. The van der Waals surface area contributed by atoms with Gasteiger partial charge in [-0.05, 0) is 101 Å². The lowest BCUT2D eigenvalue weighted by atomic mass is 9.91. The highest BCUT2D eigenvalue weighted by molar-refractivity contribution is 5.98. The number of carbonyl (C=O) groups is 10. The minimum Gasteiger partial charge on any atom is -0.390 e. The van der Waals surface area contributed by atoms with Gasteiger partial charge in [0.05, 0.1) is 18.7 Å². The third-order valence-corrected chi connectivity index (χ3v) is 16.2. The highest BCUT2D eigenvalue weighted by Crippen LogP contribution is 2.25. The van der Waals surface area contributed by atoms with E-state index >= 15 is 9.59 Å². The molecule has 1 aliphatic heterocycles. The fourth-order valence-corrected chi connectivity index (χ4v) is 10.8. The second kappa shape index (κ2) is 35.7. The predicted molar refractivity (Wildman–Crippen MR) is 333 cm³/mol. The number of aliphatic hydroxyl groups is 1. The molecule has 1 heterocycles. The van der Waals surface area contributed by atoms with Gasteiger partial charge in [-0.2, -0.15) is 0 Å². The van der Waals surface area contributed by atoms with Gasteiger partial charge in [0.15, 0.2) is 0 Å². The molecule has 486 valence electrons. The molecule has 22 nitrogen and oxygen atoms in total. The van der Waals surface area contributed by atoms with Crippen molar-refractivity contribution in [1.82, 2.24) is 55.6 Å². The first-order valence-corrected chi connectivity index (χ1v) is 30.7. The van der Waals surface area contributed by atoms with Crippen LogP contribution in [0.4, 0.5) is 0 Å². The van der Waals surface area contributed by atoms with Crippen LogP contribution in [0.15, 0.2) is 24.8 Å². The van der Waals surface area contributed by atoms with Gasteiger partial charge in [-0.1, -0.05) is 122 Å². The Balaban J connectivity index is 4.29. The molecule has 22 heteroatoms. The van der Waals surface area contributed by atoms with Crippen molar-refractivity contribution in [3.63, 3.8) is 0 Å². The summed E-state index contributed by atoms with van der Waals surface area (Å²) in [4.78, 5) is 155. The van der Waals surface area contributed by atoms with Crippen molar-refractivity contribution in [3.05, 3.63) is 24.8 Å². The van der Waals surface area contributed by atoms with Crippen molar-refractivity contribution in [2.24, 2.45) is 41.4 Å². The first kappa shape index (κ1) is 77.1. The zero-order valence-corrected chi connectivity index (χ0v) is 56.1. The van der Waals surface area contributed by atoms with Gasteiger partial charge in [0.1, 0.15) is 48.3 Å². The van der Waals surface area contributed by atoms with Gasteiger partial charge in [-0.25, -0.2) is 0 Å². The van der Waals surface area contributed by atoms with Crippen LogP contribution in [0.25, 0.3) is 0 Å². The monoisotopic (exact) mass is 1200 g/mol. The maximum Gasteiger partial charge on any atom is 0.246 e. The zero-order valence-electron chi connectivity index (χ0n) is 56.1. The third kappa shape index (κ3) is 22.7. The van der Waals surface area contributed by atoms with E-state index in [0.29, 0.717) is 6.42 Å². The number of hydrogen-bond donors (Lipinski definition) is 5. The van der Waals surface area contributed by atoms with E-state index in [1.54, 1.807) is 53.0 Å². The molecule has 10 amide bonds. The maximum absolute atomic E-state index is 15.2. The zero-order chi connectivity index (χ0) is 65.8. The number of carbonyl (C=O) groups excluding carboxylic acids is 10. The number of amides is 10. The summed E-state index contributed by atoms with van der Waals surface area (Å²) in [5, 5.41) is 23.6. The summed E-state index contributed by atoms with van der Waals surface area (Å²) in [5.74, 6) is -7.73. The van der Waals surface area contributed by atoms with Crippen molar-refractivity contribution in [2.45, 2.75) is 216 Å². The number of nitrogens with zero attached hydrogens (tertiary/aromatic N) is 7. The van der Waals surface area contributed by atoms with Crippen LogP contribution < -0.4 is 21.3 Å². The normalized spacial score (nSPS) is 27.0. The van der Waals surface area contributed by atoms with Crippen LogP contribution in [0.1, 0.15) is 149 Å². The van der Waals surface area contributed by atoms with Crippen molar-refractivity contribution >= 4 is 59.1 Å². The molecular weight excluding hydrogens is 1090 g/mol. The molecule has 0 aromatic carbocycles. The van der Waals surface area contributed by atoms with Crippen molar-refractivity contribution in [1.29, 1.82) is 0 Å². The van der Waals surface area contributed by atoms with E-state index in [0.717, 1.165) is 9.80 Å². The number of rotatable bonds is 16. The molecule has 1 saturated heterocycles. The number of aliphatic hydroxyl groups excluding tert-OH is 1. The quantitative estimate of drug-likeness (QED) is 0.138. The Bertz CT molecular complexity index is 2290.